The maximum atomic E-state index is 13.1. The van der Waals surface area contributed by atoms with E-state index in [0.29, 0.717) is 18.5 Å². The number of amides is 1. The van der Waals surface area contributed by atoms with Crippen LogP contribution in [0, 0.1) is 5.41 Å². The van der Waals surface area contributed by atoms with E-state index in [4.69, 9.17) is 4.98 Å². The average molecular weight is 408 g/mol. The van der Waals surface area contributed by atoms with E-state index in [-0.39, 0.29) is 11.9 Å². The van der Waals surface area contributed by atoms with Crippen LogP contribution in [0.1, 0.15) is 64.5 Å². The van der Waals surface area contributed by atoms with Gasteiger partial charge in [0.05, 0.1) is 17.7 Å². The Kier molecular flexibility index (Phi) is 5.67. The zero-order chi connectivity index (χ0) is 21.3. The molecule has 1 atom stereocenters. The van der Waals surface area contributed by atoms with Gasteiger partial charge in [0, 0.05) is 19.6 Å². The third kappa shape index (κ3) is 3.87. The van der Waals surface area contributed by atoms with Crippen LogP contribution in [-0.4, -0.2) is 35.5 Å². The molecule has 0 bridgehead atoms. The smallest absolute Gasteiger partial charge is 0.234 e. The van der Waals surface area contributed by atoms with Crippen LogP contribution < -0.4 is 15.1 Å². The van der Waals surface area contributed by atoms with Gasteiger partial charge in [0.1, 0.15) is 5.69 Å². The monoisotopic (exact) mass is 407 g/mol. The summed E-state index contributed by atoms with van der Waals surface area (Å²) in [6.07, 6.45) is 7.53. The predicted octanol–water partition coefficient (Wildman–Crippen LogP) is 4.79. The van der Waals surface area contributed by atoms with Gasteiger partial charge in [-0.2, -0.15) is 4.98 Å². The molecule has 1 fully saturated rings. The second kappa shape index (κ2) is 8.25. The fourth-order valence-electron chi connectivity index (χ4n) is 4.80. The third-order valence-corrected chi connectivity index (χ3v) is 6.51. The Balaban J connectivity index is 1.71. The molecule has 0 saturated heterocycles. The minimum Gasteiger partial charge on any atom is -0.351 e. The second-order valence-electron chi connectivity index (χ2n) is 9.23. The normalized spacial score (nSPS) is 20.1. The number of fused-ring (bicyclic) bond motifs is 1. The van der Waals surface area contributed by atoms with Crippen LogP contribution in [-0.2, 0) is 4.79 Å². The molecule has 1 aromatic heterocycles. The van der Waals surface area contributed by atoms with Gasteiger partial charge < -0.3 is 15.1 Å². The zero-order valence-electron chi connectivity index (χ0n) is 18.6. The number of carbonyl (C=O) groups is 1. The maximum absolute atomic E-state index is 13.1. The molecule has 0 spiro atoms. The van der Waals surface area contributed by atoms with Crippen molar-refractivity contribution < 1.29 is 4.79 Å². The Hall–Kier alpha value is -2.63. The van der Waals surface area contributed by atoms with Crippen molar-refractivity contribution in [3.63, 3.8) is 0 Å². The predicted molar refractivity (Wildman–Crippen MR) is 122 cm³/mol. The number of hydrogen-bond donors (Lipinski definition) is 1. The van der Waals surface area contributed by atoms with Crippen LogP contribution >= 0.6 is 0 Å². The Morgan fingerprint density at radius 3 is 2.57 bits per heavy atom. The summed E-state index contributed by atoms with van der Waals surface area (Å²) in [7, 11) is 1.84. The number of aromatic nitrogens is 2. The highest BCUT2D eigenvalue weighted by Crippen LogP contribution is 2.40. The molecule has 2 heterocycles. The van der Waals surface area contributed by atoms with E-state index in [2.05, 4.69) is 46.4 Å². The van der Waals surface area contributed by atoms with Crippen LogP contribution in [0.3, 0.4) is 0 Å². The highest BCUT2D eigenvalue weighted by atomic mass is 16.2. The first-order valence-electron chi connectivity index (χ1n) is 11.1. The third-order valence-electron chi connectivity index (χ3n) is 6.51. The molecule has 1 amide bonds. The standard InChI is InChI=1S/C24H33N5O/c1-5-19(17-11-7-6-8-12-17)26-23-25-15-20-21(27-23)29(18-13-9-10-14-18)16-24(2,3)22(30)28(20)4/h6-8,11-12,15,18-19H,5,9-10,13-14,16H2,1-4H3,(H,25,26,27). The molecule has 1 saturated carbocycles. The molecule has 4 rings (SSSR count). The Morgan fingerprint density at radius 2 is 1.90 bits per heavy atom. The number of rotatable bonds is 5. The summed E-state index contributed by atoms with van der Waals surface area (Å²) in [5, 5.41) is 3.52. The van der Waals surface area contributed by atoms with Crippen molar-refractivity contribution in [1.82, 2.24) is 9.97 Å². The summed E-state index contributed by atoms with van der Waals surface area (Å²) in [4.78, 5) is 26.8. The number of hydrogen-bond acceptors (Lipinski definition) is 5. The molecule has 1 unspecified atom stereocenters. The van der Waals surface area contributed by atoms with Gasteiger partial charge >= 0.3 is 0 Å². The number of nitrogens with zero attached hydrogens (tertiary/aromatic N) is 4. The van der Waals surface area contributed by atoms with E-state index >= 15 is 0 Å². The Bertz CT molecular complexity index is 892. The van der Waals surface area contributed by atoms with Crippen molar-refractivity contribution in [2.75, 3.05) is 28.7 Å². The average Bonchev–Trinajstić information content (AvgIpc) is 3.28. The first-order valence-corrected chi connectivity index (χ1v) is 11.1. The zero-order valence-corrected chi connectivity index (χ0v) is 18.6. The lowest BCUT2D eigenvalue weighted by molar-refractivity contribution is -0.125. The van der Waals surface area contributed by atoms with Gasteiger partial charge in [-0.1, -0.05) is 50.1 Å². The van der Waals surface area contributed by atoms with E-state index in [0.717, 1.165) is 30.8 Å². The topological polar surface area (TPSA) is 61.4 Å². The van der Waals surface area contributed by atoms with E-state index in [1.807, 2.05) is 33.2 Å². The first-order chi connectivity index (χ1) is 14.4. The fraction of sp³-hybridized carbons (Fsp3) is 0.542. The van der Waals surface area contributed by atoms with Crippen LogP contribution in [0.5, 0.6) is 0 Å². The highest BCUT2D eigenvalue weighted by molar-refractivity contribution is 6.00. The van der Waals surface area contributed by atoms with Gasteiger partial charge in [0.2, 0.25) is 11.9 Å². The van der Waals surface area contributed by atoms with E-state index in [1.54, 1.807) is 4.90 Å². The molecule has 1 N–H and O–H groups in total. The maximum Gasteiger partial charge on any atom is 0.234 e. The molecule has 30 heavy (non-hydrogen) atoms. The van der Waals surface area contributed by atoms with Crippen LogP contribution in [0.25, 0.3) is 0 Å². The Morgan fingerprint density at radius 1 is 1.20 bits per heavy atom. The van der Waals surface area contributed by atoms with Gasteiger partial charge in [-0.05, 0) is 38.7 Å². The van der Waals surface area contributed by atoms with Crippen LogP contribution in [0.15, 0.2) is 36.5 Å². The summed E-state index contributed by atoms with van der Waals surface area (Å²) < 4.78 is 0. The molecule has 6 nitrogen and oxygen atoms in total. The number of nitrogens with one attached hydrogen (secondary N) is 1. The van der Waals surface area contributed by atoms with Crippen LogP contribution in [0.2, 0.25) is 0 Å². The molecule has 2 aromatic rings. The Labute approximate surface area is 179 Å². The largest absolute Gasteiger partial charge is 0.351 e. The summed E-state index contributed by atoms with van der Waals surface area (Å²) in [5.74, 6) is 1.61. The highest BCUT2D eigenvalue weighted by Gasteiger charge is 2.41. The minimum atomic E-state index is -0.471. The summed E-state index contributed by atoms with van der Waals surface area (Å²) in [6.45, 7) is 6.91. The second-order valence-corrected chi connectivity index (χ2v) is 9.23. The van der Waals surface area contributed by atoms with Gasteiger partial charge in [0.25, 0.3) is 0 Å². The quantitative estimate of drug-likeness (QED) is 0.772. The summed E-state index contributed by atoms with van der Waals surface area (Å²) in [5.41, 5.74) is 1.55. The van der Waals surface area contributed by atoms with E-state index < -0.39 is 5.41 Å². The van der Waals surface area contributed by atoms with Gasteiger partial charge in [-0.25, -0.2) is 4.98 Å². The number of carbonyl (C=O) groups excluding carboxylic acids is 1. The molecule has 160 valence electrons. The number of benzene rings is 1. The summed E-state index contributed by atoms with van der Waals surface area (Å²) >= 11 is 0. The fourth-order valence-corrected chi connectivity index (χ4v) is 4.80. The molecular formula is C24H33N5O. The molecule has 6 heteroatoms. The van der Waals surface area contributed by atoms with Crippen molar-refractivity contribution in [1.29, 1.82) is 0 Å². The first kappa shape index (κ1) is 20.6. The molecular weight excluding hydrogens is 374 g/mol. The molecule has 1 aliphatic carbocycles. The van der Waals surface area contributed by atoms with Gasteiger partial charge in [0.15, 0.2) is 5.82 Å². The number of anilines is 3. The SMILES string of the molecule is CCC(Nc1ncc2c(n1)N(C1CCCC1)CC(C)(C)C(=O)N2C)c1ccccc1. The van der Waals surface area contributed by atoms with Crippen LogP contribution in [0.4, 0.5) is 17.5 Å². The summed E-state index contributed by atoms with van der Waals surface area (Å²) in [6, 6.07) is 11.0. The lowest BCUT2D eigenvalue weighted by Crippen LogP contribution is -2.45. The van der Waals surface area contributed by atoms with Gasteiger partial charge in [-0.3, -0.25) is 4.79 Å². The molecule has 2 aliphatic rings. The lowest BCUT2D eigenvalue weighted by atomic mass is 9.91. The van der Waals surface area contributed by atoms with Crippen molar-refractivity contribution in [3.8, 4) is 0 Å². The van der Waals surface area contributed by atoms with Crippen molar-refractivity contribution in [2.24, 2.45) is 5.41 Å². The van der Waals surface area contributed by atoms with E-state index in [1.165, 1.54) is 18.4 Å². The van der Waals surface area contributed by atoms with E-state index in [9.17, 15) is 4.79 Å². The molecule has 1 aromatic carbocycles. The van der Waals surface area contributed by atoms with Crippen molar-refractivity contribution >= 4 is 23.4 Å². The lowest BCUT2D eigenvalue weighted by Gasteiger charge is -2.34. The minimum absolute atomic E-state index is 0.115. The van der Waals surface area contributed by atoms with Gasteiger partial charge in [-0.15, -0.1) is 0 Å². The molecule has 0 radical (unpaired) electrons. The van der Waals surface area contributed by atoms with Crippen molar-refractivity contribution in [2.45, 2.75) is 65.0 Å². The molecule has 1 aliphatic heterocycles. The van der Waals surface area contributed by atoms with Crippen molar-refractivity contribution in [3.05, 3.63) is 42.1 Å².